The third-order valence-electron chi connectivity index (χ3n) is 4.26. The Hall–Kier alpha value is -3.27. The van der Waals surface area contributed by atoms with Crippen LogP contribution in [-0.2, 0) is 4.79 Å². The van der Waals surface area contributed by atoms with Crippen molar-refractivity contribution in [2.45, 2.75) is 12.3 Å². The lowest BCUT2D eigenvalue weighted by molar-refractivity contribution is -0.116. The smallest absolute Gasteiger partial charge is 0.225 e. The maximum absolute atomic E-state index is 12.6. The van der Waals surface area contributed by atoms with Crippen LogP contribution in [0.1, 0.15) is 23.5 Å². The summed E-state index contributed by atoms with van der Waals surface area (Å²) >= 11 is 0. The second-order valence-electron chi connectivity index (χ2n) is 6.01. The summed E-state index contributed by atoms with van der Waals surface area (Å²) in [5.41, 5.74) is 2.40. The van der Waals surface area contributed by atoms with E-state index >= 15 is 0 Å². The highest BCUT2D eigenvalue weighted by Gasteiger charge is 2.21. The maximum atomic E-state index is 12.6. The third-order valence-corrected chi connectivity index (χ3v) is 4.26. The van der Waals surface area contributed by atoms with Crippen molar-refractivity contribution < 1.29 is 14.6 Å². The fourth-order valence-corrected chi connectivity index (χ4v) is 2.97. The predicted molar refractivity (Wildman–Crippen MR) is 103 cm³/mol. The van der Waals surface area contributed by atoms with Crippen molar-refractivity contribution in [1.29, 1.82) is 0 Å². The molecule has 2 N–H and O–H groups in total. The van der Waals surface area contributed by atoms with Gasteiger partial charge in [-0.2, -0.15) is 0 Å². The highest BCUT2D eigenvalue weighted by Crippen LogP contribution is 2.34. The molecule has 0 aliphatic carbocycles. The second-order valence-corrected chi connectivity index (χ2v) is 6.01. The number of carbonyl (C=O) groups excluding carboxylic acids is 1. The average Bonchev–Trinajstić information content (AvgIpc) is 2.67. The number of anilines is 1. The summed E-state index contributed by atoms with van der Waals surface area (Å²) in [6, 6.07) is 24.1. The number of phenols is 1. The van der Waals surface area contributed by atoms with Crippen molar-refractivity contribution in [3.63, 3.8) is 0 Å². The molecule has 3 aromatic carbocycles. The van der Waals surface area contributed by atoms with E-state index in [-0.39, 0.29) is 24.0 Å². The Kier molecular flexibility index (Phi) is 5.54. The summed E-state index contributed by atoms with van der Waals surface area (Å²) < 4.78 is 5.19. The van der Waals surface area contributed by atoms with Crippen LogP contribution < -0.4 is 10.1 Å². The summed E-state index contributed by atoms with van der Waals surface area (Å²) in [6.07, 6.45) is 0.221. The lowest BCUT2D eigenvalue weighted by Crippen LogP contribution is -2.16. The maximum Gasteiger partial charge on any atom is 0.225 e. The first-order valence-electron chi connectivity index (χ1n) is 8.44. The number of para-hydroxylation sites is 1. The largest absolute Gasteiger partial charge is 0.508 e. The number of ether oxygens (including phenoxy) is 1. The molecule has 0 aliphatic heterocycles. The minimum Gasteiger partial charge on any atom is -0.508 e. The van der Waals surface area contributed by atoms with E-state index in [9.17, 15) is 9.90 Å². The summed E-state index contributed by atoms with van der Waals surface area (Å²) in [4.78, 5) is 12.6. The van der Waals surface area contributed by atoms with Gasteiger partial charge in [0.2, 0.25) is 5.91 Å². The van der Waals surface area contributed by atoms with Crippen molar-refractivity contribution in [1.82, 2.24) is 0 Å². The van der Waals surface area contributed by atoms with Crippen LogP contribution in [0.4, 0.5) is 5.69 Å². The average molecular weight is 347 g/mol. The van der Waals surface area contributed by atoms with Gasteiger partial charge in [-0.1, -0.05) is 54.6 Å². The lowest BCUT2D eigenvalue weighted by atomic mass is 9.87. The molecule has 132 valence electrons. The topological polar surface area (TPSA) is 58.6 Å². The Morgan fingerprint density at radius 1 is 1.00 bits per heavy atom. The number of aromatic hydroxyl groups is 1. The Bertz CT molecular complexity index is 877. The molecule has 3 rings (SSSR count). The monoisotopic (exact) mass is 347 g/mol. The first-order chi connectivity index (χ1) is 12.7. The second kappa shape index (κ2) is 8.21. The van der Waals surface area contributed by atoms with Crippen molar-refractivity contribution in [3.8, 4) is 11.5 Å². The van der Waals surface area contributed by atoms with Crippen molar-refractivity contribution >= 4 is 11.6 Å². The summed E-state index contributed by atoms with van der Waals surface area (Å²) in [6.45, 7) is 0. The molecule has 3 aromatic rings. The zero-order valence-corrected chi connectivity index (χ0v) is 14.6. The number of hydrogen-bond acceptors (Lipinski definition) is 3. The standard InChI is InChI=1S/C22H21NO3/c1-26-18-11-7-10-17(14-18)23-22(25)15-20(16-8-3-2-4-9-16)19-12-5-6-13-21(19)24/h2-14,20,24H,15H2,1H3,(H,23,25)/t20-/m0/s1. The molecule has 0 saturated heterocycles. The number of hydrogen-bond donors (Lipinski definition) is 2. The van der Waals surface area contributed by atoms with Crippen molar-refractivity contribution in [3.05, 3.63) is 90.0 Å². The zero-order chi connectivity index (χ0) is 18.4. The fraction of sp³-hybridized carbons (Fsp3) is 0.136. The molecule has 0 bridgehead atoms. The van der Waals surface area contributed by atoms with Crippen LogP contribution in [0.2, 0.25) is 0 Å². The number of rotatable bonds is 6. The van der Waals surface area contributed by atoms with Crippen molar-refractivity contribution in [2.24, 2.45) is 0 Å². The van der Waals surface area contributed by atoms with Gasteiger partial charge in [-0.15, -0.1) is 0 Å². The molecule has 0 heterocycles. The highest BCUT2D eigenvalue weighted by molar-refractivity contribution is 5.91. The van der Waals surface area contributed by atoms with Crippen molar-refractivity contribution in [2.75, 3.05) is 12.4 Å². The Labute approximate surface area is 153 Å². The van der Waals surface area contributed by atoms with E-state index in [1.54, 1.807) is 25.3 Å². The molecule has 0 spiro atoms. The molecule has 4 nitrogen and oxygen atoms in total. The first-order valence-corrected chi connectivity index (χ1v) is 8.44. The highest BCUT2D eigenvalue weighted by atomic mass is 16.5. The zero-order valence-electron chi connectivity index (χ0n) is 14.6. The number of nitrogens with one attached hydrogen (secondary N) is 1. The predicted octanol–water partition coefficient (Wildman–Crippen LogP) is 4.56. The van der Waals surface area contributed by atoms with Gasteiger partial charge in [-0.05, 0) is 23.8 Å². The fourth-order valence-electron chi connectivity index (χ4n) is 2.97. The van der Waals surface area contributed by atoms with Gasteiger partial charge in [-0.3, -0.25) is 4.79 Å². The van der Waals surface area contributed by atoms with E-state index in [4.69, 9.17) is 4.74 Å². The SMILES string of the molecule is COc1cccc(NC(=O)C[C@@H](c2ccccc2)c2ccccc2O)c1. The molecule has 0 saturated carbocycles. The van der Waals surface area contributed by atoms with Crippen LogP contribution in [0.5, 0.6) is 11.5 Å². The number of methoxy groups -OCH3 is 1. The van der Waals surface area contributed by atoms with Crippen LogP contribution in [0.25, 0.3) is 0 Å². The van der Waals surface area contributed by atoms with Crippen LogP contribution in [-0.4, -0.2) is 18.1 Å². The molecule has 0 radical (unpaired) electrons. The molecular formula is C22H21NO3. The molecule has 1 atom stereocenters. The minimum absolute atomic E-state index is 0.129. The third kappa shape index (κ3) is 4.22. The number of phenolic OH excluding ortho intramolecular Hbond substituents is 1. The van der Waals surface area contributed by atoms with Gasteiger partial charge in [0.25, 0.3) is 0 Å². The van der Waals surface area contributed by atoms with E-state index in [0.29, 0.717) is 11.4 Å². The van der Waals surface area contributed by atoms with Crippen LogP contribution in [0, 0.1) is 0 Å². The summed E-state index contributed by atoms with van der Waals surface area (Å²) in [7, 11) is 1.59. The molecule has 0 aliphatic rings. The molecule has 0 fully saturated rings. The van der Waals surface area contributed by atoms with E-state index in [1.165, 1.54) is 0 Å². The van der Waals surface area contributed by atoms with Gasteiger partial charge in [0.15, 0.2) is 0 Å². The van der Waals surface area contributed by atoms with Crippen LogP contribution in [0.3, 0.4) is 0 Å². The number of amides is 1. The molecule has 26 heavy (non-hydrogen) atoms. The molecule has 0 aromatic heterocycles. The summed E-state index contributed by atoms with van der Waals surface area (Å²) in [5.74, 6) is 0.511. The quantitative estimate of drug-likeness (QED) is 0.687. The molecular weight excluding hydrogens is 326 g/mol. The van der Waals surface area contributed by atoms with Gasteiger partial charge in [0.05, 0.1) is 7.11 Å². The van der Waals surface area contributed by atoms with Gasteiger partial charge in [0.1, 0.15) is 11.5 Å². The Morgan fingerprint density at radius 2 is 1.73 bits per heavy atom. The van der Waals surface area contributed by atoms with Crippen LogP contribution >= 0.6 is 0 Å². The molecule has 0 unspecified atom stereocenters. The van der Waals surface area contributed by atoms with Crippen LogP contribution in [0.15, 0.2) is 78.9 Å². The lowest BCUT2D eigenvalue weighted by Gasteiger charge is -2.19. The first kappa shape index (κ1) is 17.5. The molecule has 1 amide bonds. The van der Waals surface area contributed by atoms with Gasteiger partial charge in [-0.25, -0.2) is 0 Å². The van der Waals surface area contributed by atoms with Gasteiger partial charge < -0.3 is 15.2 Å². The molecule has 4 heteroatoms. The van der Waals surface area contributed by atoms with E-state index < -0.39 is 0 Å². The van der Waals surface area contributed by atoms with E-state index in [1.807, 2.05) is 60.7 Å². The normalized spacial score (nSPS) is 11.6. The Balaban J connectivity index is 1.84. The van der Waals surface area contributed by atoms with E-state index in [2.05, 4.69) is 5.32 Å². The van der Waals surface area contributed by atoms with E-state index in [0.717, 1.165) is 11.1 Å². The summed E-state index contributed by atoms with van der Waals surface area (Å²) in [5, 5.41) is 13.2. The number of benzene rings is 3. The minimum atomic E-state index is -0.233. The van der Waals surface area contributed by atoms with Gasteiger partial charge >= 0.3 is 0 Å². The van der Waals surface area contributed by atoms with Gasteiger partial charge in [0, 0.05) is 29.7 Å². The number of carbonyl (C=O) groups is 1. The Morgan fingerprint density at radius 3 is 2.46 bits per heavy atom.